The van der Waals surface area contributed by atoms with E-state index in [1.165, 1.54) is 0 Å². The average molecular weight is 513 g/mol. The molecule has 1 aromatic carbocycles. The molecule has 0 saturated carbocycles. The van der Waals surface area contributed by atoms with Gasteiger partial charge in [0, 0.05) is 26.2 Å². The summed E-state index contributed by atoms with van der Waals surface area (Å²) in [5, 5.41) is 13.0. The number of phenols is 1. The number of hydrogen-bond donors (Lipinski definition) is 2. The van der Waals surface area contributed by atoms with Gasteiger partial charge < -0.3 is 10.4 Å². The molecule has 0 aromatic heterocycles. The molecule has 0 amide bonds. The van der Waals surface area contributed by atoms with Gasteiger partial charge in [-0.3, -0.25) is 4.90 Å². The Morgan fingerprint density at radius 2 is 1.79 bits per heavy atom. The average Bonchev–Trinajstić information content (AvgIpc) is 2.38. The first-order valence-electron chi connectivity index (χ1n) is 5.82. The van der Waals surface area contributed by atoms with Crippen LogP contribution >= 0.6 is 57.6 Å². The largest absolute Gasteiger partial charge is 0.506 e. The molecule has 1 aromatic rings. The second-order valence-electron chi connectivity index (χ2n) is 4.29. The van der Waals surface area contributed by atoms with E-state index in [2.05, 4.69) is 55.4 Å². The Balaban J connectivity index is 0.00000180. The second kappa shape index (κ2) is 8.16. The highest BCUT2D eigenvalue weighted by molar-refractivity contribution is 14.1. The van der Waals surface area contributed by atoms with Crippen LogP contribution in [0.1, 0.15) is 11.6 Å². The number of alkyl halides is 1. The molecule has 2 rings (SSSR count). The predicted octanol–water partition coefficient (Wildman–Crippen LogP) is 2.94. The molecular formula is C12H16ClFI2N2O. The van der Waals surface area contributed by atoms with Crippen molar-refractivity contribution in [2.45, 2.75) is 6.04 Å². The second-order valence-corrected chi connectivity index (χ2v) is 6.61. The van der Waals surface area contributed by atoms with Crippen LogP contribution in [0.25, 0.3) is 0 Å². The van der Waals surface area contributed by atoms with Crippen molar-refractivity contribution in [3.8, 4) is 5.75 Å². The number of rotatable bonds is 3. The van der Waals surface area contributed by atoms with Crippen LogP contribution in [0.5, 0.6) is 5.75 Å². The summed E-state index contributed by atoms with van der Waals surface area (Å²) in [4.78, 5) is 2.16. The summed E-state index contributed by atoms with van der Waals surface area (Å²) in [6, 6.07) is 3.56. The lowest BCUT2D eigenvalue weighted by atomic mass is 10.1. The highest BCUT2D eigenvalue weighted by Gasteiger charge is 2.23. The topological polar surface area (TPSA) is 35.5 Å². The quantitative estimate of drug-likeness (QED) is 0.612. The predicted molar refractivity (Wildman–Crippen MR) is 93.9 cm³/mol. The van der Waals surface area contributed by atoms with E-state index in [1.807, 2.05) is 12.1 Å². The molecule has 108 valence electrons. The van der Waals surface area contributed by atoms with Crippen LogP contribution in [0.2, 0.25) is 0 Å². The van der Waals surface area contributed by atoms with Crippen molar-refractivity contribution < 1.29 is 9.50 Å². The molecule has 0 aliphatic carbocycles. The fraction of sp³-hybridized carbons (Fsp3) is 0.500. The third kappa shape index (κ3) is 4.29. The zero-order valence-electron chi connectivity index (χ0n) is 10.2. The summed E-state index contributed by atoms with van der Waals surface area (Å²) in [6.45, 7) is 3.15. The van der Waals surface area contributed by atoms with Gasteiger partial charge in [-0.25, -0.2) is 4.39 Å². The van der Waals surface area contributed by atoms with Gasteiger partial charge in [0.1, 0.15) is 12.4 Å². The number of nitrogens with zero attached hydrogens (tertiary/aromatic N) is 1. The number of hydrogen-bond acceptors (Lipinski definition) is 3. The Labute approximate surface area is 146 Å². The SMILES string of the molecule is Cl.Oc1c(I)cc([C@H](CF)N2CCNCC2)cc1I. The third-order valence-electron chi connectivity index (χ3n) is 3.16. The van der Waals surface area contributed by atoms with Crippen LogP contribution in [0, 0.1) is 7.14 Å². The Hall–Kier alpha value is 0.620. The third-order valence-corrected chi connectivity index (χ3v) is 4.81. The highest BCUT2D eigenvalue weighted by atomic mass is 127. The Kier molecular flexibility index (Phi) is 7.59. The summed E-state index contributed by atoms with van der Waals surface area (Å²) in [6.07, 6.45) is 0. The van der Waals surface area contributed by atoms with E-state index in [1.54, 1.807) is 0 Å². The molecule has 1 fully saturated rings. The van der Waals surface area contributed by atoms with Crippen molar-refractivity contribution in [2.75, 3.05) is 32.9 Å². The monoisotopic (exact) mass is 512 g/mol. The lowest BCUT2D eigenvalue weighted by molar-refractivity contribution is 0.147. The maximum absolute atomic E-state index is 13.4. The van der Waals surface area contributed by atoms with E-state index >= 15 is 0 Å². The summed E-state index contributed by atoms with van der Waals surface area (Å²) >= 11 is 4.18. The molecule has 1 aliphatic rings. The van der Waals surface area contributed by atoms with Gasteiger partial charge >= 0.3 is 0 Å². The fourth-order valence-corrected chi connectivity index (χ4v) is 3.99. The van der Waals surface area contributed by atoms with Crippen molar-refractivity contribution in [1.82, 2.24) is 10.2 Å². The first kappa shape index (κ1) is 17.7. The highest BCUT2D eigenvalue weighted by Crippen LogP contribution is 2.32. The summed E-state index contributed by atoms with van der Waals surface area (Å²) in [5.41, 5.74) is 0.950. The van der Waals surface area contributed by atoms with E-state index in [9.17, 15) is 9.50 Å². The van der Waals surface area contributed by atoms with Crippen molar-refractivity contribution in [2.24, 2.45) is 0 Å². The van der Waals surface area contributed by atoms with E-state index in [4.69, 9.17) is 0 Å². The van der Waals surface area contributed by atoms with Crippen LogP contribution in [0.3, 0.4) is 0 Å². The van der Waals surface area contributed by atoms with E-state index in [0.29, 0.717) is 0 Å². The van der Waals surface area contributed by atoms with E-state index in [0.717, 1.165) is 38.9 Å². The molecule has 0 bridgehead atoms. The van der Waals surface area contributed by atoms with Gasteiger partial charge in [-0.05, 0) is 62.9 Å². The molecule has 3 nitrogen and oxygen atoms in total. The van der Waals surface area contributed by atoms with Gasteiger partial charge in [-0.2, -0.15) is 0 Å². The maximum Gasteiger partial charge on any atom is 0.142 e. The Morgan fingerprint density at radius 1 is 1.26 bits per heavy atom. The van der Waals surface area contributed by atoms with E-state index < -0.39 is 6.67 Å². The fourth-order valence-electron chi connectivity index (χ4n) is 2.17. The van der Waals surface area contributed by atoms with Crippen LogP contribution in [0.15, 0.2) is 12.1 Å². The van der Waals surface area contributed by atoms with Crippen molar-refractivity contribution >= 4 is 57.6 Å². The van der Waals surface area contributed by atoms with Gasteiger partial charge in [0.15, 0.2) is 0 Å². The molecule has 0 spiro atoms. The first-order valence-corrected chi connectivity index (χ1v) is 7.98. The minimum absolute atomic E-state index is 0. The minimum Gasteiger partial charge on any atom is -0.506 e. The van der Waals surface area contributed by atoms with Gasteiger partial charge in [-0.15, -0.1) is 12.4 Å². The molecule has 1 aliphatic heterocycles. The van der Waals surface area contributed by atoms with Crippen molar-refractivity contribution in [1.29, 1.82) is 0 Å². The molecule has 1 atom stereocenters. The number of aromatic hydroxyl groups is 1. The summed E-state index contributed by atoms with van der Waals surface area (Å²) in [5.74, 6) is 0.290. The molecular weight excluding hydrogens is 496 g/mol. The molecule has 19 heavy (non-hydrogen) atoms. The van der Waals surface area contributed by atoms with Gasteiger partial charge in [0.25, 0.3) is 0 Å². The lowest BCUT2D eigenvalue weighted by Gasteiger charge is -2.33. The number of phenolic OH excluding ortho intramolecular Hbond substituents is 1. The number of benzene rings is 1. The summed E-state index contributed by atoms with van der Waals surface area (Å²) in [7, 11) is 0. The first-order chi connectivity index (χ1) is 8.63. The van der Waals surface area contributed by atoms with Crippen LogP contribution < -0.4 is 5.32 Å². The maximum atomic E-state index is 13.4. The Morgan fingerprint density at radius 3 is 2.26 bits per heavy atom. The van der Waals surface area contributed by atoms with Crippen molar-refractivity contribution in [3.63, 3.8) is 0 Å². The normalized spacial score (nSPS) is 17.8. The number of halogens is 4. The van der Waals surface area contributed by atoms with Crippen LogP contribution in [-0.4, -0.2) is 42.9 Å². The van der Waals surface area contributed by atoms with E-state index in [-0.39, 0.29) is 24.2 Å². The zero-order chi connectivity index (χ0) is 13.1. The number of nitrogens with one attached hydrogen (secondary N) is 1. The minimum atomic E-state index is -0.392. The van der Waals surface area contributed by atoms with Gasteiger partial charge in [0.05, 0.1) is 13.2 Å². The molecule has 1 heterocycles. The molecule has 0 unspecified atom stereocenters. The van der Waals surface area contributed by atoms with Gasteiger partial charge in [0.2, 0.25) is 0 Å². The molecule has 7 heteroatoms. The zero-order valence-corrected chi connectivity index (χ0v) is 15.3. The summed E-state index contributed by atoms with van der Waals surface area (Å²) < 4.78 is 14.9. The van der Waals surface area contributed by atoms with Crippen molar-refractivity contribution in [3.05, 3.63) is 24.8 Å². The van der Waals surface area contributed by atoms with Gasteiger partial charge in [-0.1, -0.05) is 0 Å². The van der Waals surface area contributed by atoms with Crippen LogP contribution in [-0.2, 0) is 0 Å². The standard InChI is InChI=1S/C12H15FI2N2O.ClH/c13-7-11(17-3-1-16-2-4-17)8-5-9(14)12(18)10(15)6-8;/h5-6,11,16,18H,1-4,7H2;1H/t11-;/m0./s1. The molecule has 0 radical (unpaired) electrons. The Bertz CT molecular complexity index is 407. The van der Waals surface area contributed by atoms with Crippen LogP contribution in [0.4, 0.5) is 4.39 Å². The molecule has 1 saturated heterocycles. The lowest BCUT2D eigenvalue weighted by Crippen LogP contribution is -2.45. The smallest absolute Gasteiger partial charge is 0.142 e. The molecule has 2 N–H and O–H groups in total. The number of piperazine rings is 1.